The Balaban J connectivity index is 4.00. The summed E-state index contributed by atoms with van der Waals surface area (Å²) in [5, 5.41) is 0. The molecular weight excluding hydrogens is 200 g/mol. The maximum atomic E-state index is 5.65. The zero-order valence-electron chi connectivity index (χ0n) is 11.6. The zero-order valence-corrected chi connectivity index (χ0v) is 11.6. The van der Waals surface area contributed by atoms with Crippen LogP contribution in [-0.2, 0) is 9.47 Å². The van der Waals surface area contributed by atoms with E-state index in [4.69, 9.17) is 9.47 Å². The molecule has 0 saturated heterocycles. The first-order valence-corrected chi connectivity index (χ1v) is 6.29. The molecule has 0 amide bonds. The lowest BCUT2D eigenvalue weighted by atomic mass is 9.88. The summed E-state index contributed by atoms with van der Waals surface area (Å²) >= 11 is 0. The summed E-state index contributed by atoms with van der Waals surface area (Å²) in [5.74, 6) is 0. The van der Waals surface area contributed by atoms with E-state index >= 15 is 0 Å². The SMILES string of the molecule is CCCCC/C=C/C(OCOC)C(C)(C)C. The minimum atomic E-state index is 0.125. The third kappa shape index (κ3) is 7.89. The molecule has 0 fully saturated rings. The molecule has 0 saturated carbocycles. The molecule has 0 aliphatic carbocycles. The van der Waals surface area contributed by atoms with Crippen LogP contribution in [0.4, 0.5) is 0 Å². The molecular formula is C14H28O2. The number of allylic oxidation sites excluding steroid dienone is 1. The second-order valence-corrected chi connectivity index (χ2v) is 5.28. The van der Waals surface area contributed by atoms with Crippen molar-refractivity contribution in [2.24, 2.45) is 5.41 Å². The lowest BCUT2D eigenvalue weighted by molar-refractivity contribution is -0.0872. The lowest BCUT2D eigenvalue weighted by Gasteiger charge is -2.27. The Hall–Kier alpha value is -0.340. The van der Waals surface area contributed by atoms with Gasteiger partial charge in [-0.2, -0.15) is 0 Å². The van der Waals surface area contributed by atoms with Crippen molar-refractivity contribution in [1.29, 1.82) is 0 Å². The zero-order chi connectivity index (χ0) is 12.4. The normalized spacial score (nSPS) is 14.6. The third-order valence-electron chi connectivity index (χ3n) is 2.50. The van der Waals surface area contributed by atoms with Crippen molar-refractivity contribution in [3.8, 4) is 0 Å². The molecule has 0 aromatic rings. The monoisotopic (exact) mass is 228 g/mol. The van der Waals surface area contributed by atoms with Gasteiger partial charge in [-0.3, -0.25) is 0 Å². The summed E-state index contributed by atoms with van der Waals surface area (Å²) in [6.45, 7) is 9.14. The van der Waals surface area contributed by atoms with Gasteiger partial charge in [0.1, 0.15) is 6.79 Å². The van der Waals surface area contributed by atoms with Crippen molar-refractivity contribution in [2.75, 3.05) is 13.9 Å². The van der Waals surface area contributed by atoms with E-state index in [0.717, 1.165) is 6.42 Å². The number of unbranched alkanes of at least 4 members (excludes halogenated alkanes) is 3. The first-order valence-electron chi connectivity index (χ1n) is 6.29. The number of rotatable bonds is 8. The van der Waals surface area contributed by atoms with Crippen LogP contribution in [0.3, 0.4) is 0 Å². The van der Waals surface area contributed by atoms with Gasteiger partial charge in [0.15, 0.2) is 0 Å². The molecule has 2 heteroatoms. The number of hydrogen-bond donors (Lipinski definition) is 0. The molecule has 1 unspecified atom stereocenters. The molecule has 0 N–H and O–H groups in total. The molecule has 0 heterocycles. The first kappa shape index (κ1) is 15.7. The summed E-state index contributed by atoms with van der Waals surface area (Å²) in [6.07, 6.45) is 9.55. The molecule has 0 aliphatic heterocycles. The summed E-state index contributed by atoms with van der Waals surface area (Å²) in [6, 6.07) is 0. The van der Waals surface area contributed by atoms with Crippen molar-refractivity contribution in [2.45, 2.75) is 59.5 Å². The molecule has 0 aliphatic rings. The fourth-order valence-corrected chi connectivity index (χ4v) is 1.47. The van der Waals surface area contributed by atoms with E-state index in [1.54, 1.807) is 7.11 Å². The average molecular weight is 228 g/mol. The minimum Gasteiger partial charge on any atom is -0.359 e. The van der Waals surface area contributed by atoms with Crippen molar-refractivity contribution in [3.63, 3.8) is 0 Å². The van der Waals surface area contributed by atoms with E-state index in [1.807, 2.05) is 0 Å². The second kappa shape index (κ2) is 8.77. The van der Waals surface area contributed by atoms with Gasteiger partial charge in [-0.1, -0.05) is 52.7 Å². The summed E-state index contributed by atoms with van der Waals surface area (Å²) < 4.78 is 10.6. The predicted molar refractivity (Wildman–Crippen MR) is 69.5 cm³/mol. The minimum absolute atomic E-state index is 0.125. The Morgan fingerprint density at radius 2 is 1.88 bits per heavy atom. The fourth-order valence-electron chi connectivity index (χ4n) is 1.47. The Morgan fingerprint density at radius 1 is 1.19 bits per heavy atom. The largest absolute Gasteiger partial charge is 0.359 e. The first-order chi connectivity index (χ1) is 7.52. The van der Waals surface area contributed by atoms with Crippen LogP contribution in [-0.4, -0.2) is 20.0 Å². The van der Waals surface area contributed by atoms with E-state index in [2.05, 4.69) is 39.8 Å². The van der Waals surface area contributed by atoms with Crippen LogP contribution in [0, 0.1) is 5.41 Å². The standard InChI is InChI=1S/C14H28O2/c1-6-7-8-9-10-11-13(14(2,3)4)16-12-15-5/h10-11,13H,6-9,12H2,1-5H3/b11-10+. The van der Waals surface area contributed by atoms with Gasteiger partial charge in [0, 0.05) is 7.11 Å². The van der Waals surface area contributed by atoms with Crippen LogP contribution >= 0.6 is 0 Å². The van der Waals surface area contributed by atoms with Gasteiger partial charge < -0.3 is 9.47 Å². The molecule has 1 atom stereocenters. The van der Waals surface area contributed by atoms with Gasteiger partial charge in [0.25, 0.3) is 0 Å². The Kier molecular flexibility index (Phi) is 8.58. The van der Waals surface area contributed by atoms with Gasteiger partial charge in [-0.05, 0) is 18.3 Å². The van der Waals surface area contributed by atoms with Crippen LogP contribution in [0.2, 0.25) is 0 Å². The third-order valence-corrected chi connectivity index (χ3v) is 2.50. The molecule has 0 bridgehead atoms. The lowest BCUT2D eigenvalue weighted by Crippen LogP contribution is -2.28. The van der Waals surface area contributed by atoms with E-state index in [-0.39, 0.29) is 11.5 Å². The second-order valence-electron chi connectivity index (χ2n) is 5.28. The van der Waals surface area contributed by atoms with Crippen molar-refractivity contribution in [3.05, 3.63) is 12.2 Å². The van der Waals surface area contributed by atoms with Gasteiger partial charge in [-0.15, -0.1) is 0 Å². The topological polar surface area (TPSA) is 18.5 Å². The molecule has 0 aromatic heterocycles. The molecule has 16 heavy (non-hydrogen) atoms. The highest BCUT2D eigenvalue weighted by Gasteiger charge is 2.22. The van der Waals surface area contributed by atoms with E-state index in [1.165, 1.54) is 19.3 Å². The van der Waals surface area contributed by atoms with Gasteiger partial charge in [0.2, 0.25) is 0 Å². The van der Waals surface area contributed by atoms with E-state index in [9.17, 15) is 0 Å². The van der Waals surface area contributed by atoms with Crippen LogP contribution in [0.5, 0.6) is 0 Å². The molecule has 0 aromatic carbocycles. The highest BCUT2D eigenvalue weighted by molar-refractivity contribution is 4.95. The number of methoxy groups -OCH3 is 1. The van der Waals surface area contributed by atoms with Crippen molar-refractivity contribution < 1.29 is 9.47 Å². The van der Waals surface area contributed by atoms with Crippen molar-refractivity contribution >= 4 is 0 Å². The van der Waals surface area contributed by atoms with Gasteiger partial charge in [0.05, 0.1) is 6.10 Å². The smallest absolute Gasteiger partial charge is 0.147 e. The Morgan fingerprint density at radius 3 is 2.38 bits per heavy atom. The van der Waals surface area contributed by atoms with E-state index in [0.29, 0.717) is 6.79 Å². The van der Waals surface area contributed by atoms with E-state index < -0.39 is 0 Å². The van der Waals surface area contributed by atoms with Crippen LogP contribution in [0.25, 0.3) is 0 Å². The maximum Gasteiger partial charge on any atom is 0.147 e. The Labute approximate surface area is 101 Å². The fraction of sp³-hybridized carbons (Fsp3) is 0.857. The maximum absolute atomic E-state index is 5.65. The predicted octanol–water partition coefficient (Wildman–Crippen LogP) is 4.16. The van der Waals surface area contributed by atoms with Crippen LogP contribution in [0.15, 0.2) is 12.2 Å². The summed E-state index contributed by atoms with van der Waals surface area (Å²) in [4.78, 5) is 0. The van der Waals surface area contributed by atoms with Crippen LogP contribution in [0.1, 0.15) is 53.4 Å². The van der Waals surface area contributed by atoms with Gasteiger partial charge in [-0.25, -0.2) is 0 Å². The Bertz CT molecular complexity index is 180. The van der Waals surface area contributed by atoms with Gasteiger partial charge >= 0.3 is 0 Å². The molecule has 96 valence electrons. The number of ether oxygens (including phenoxy) is 2. The highest BCUT2D eigenvalue weighted by Crippen LogP contribution is 2.23. The molecule has 2 nitrogen and oxygen atoms in total. The molecule has 0 radical (unpaired) electrons. The summed E-state index contributed by atoms with van der Waals surface area (Å²) in [7, 11) is 1.66. The highest BCUT2D eigenvalue weighted by atomic mass is 16.7. The molecule has 0 rings (SSSR count). The number of hydrogen-bond acceptors (Lipinski definition) is 2. The summed E-state index contributed by atoms with van der Waals surface area (Å²) in [5.41, 5.74) is 0.125. The quantitative estimate of drug-likeness (QED) is 0.353. The van der Waals surface area contributed by atoms with Crippen LogP contribution < -0.4 is 0 Å². The molecule has 0 spiro atoms. The van der Waals surface area contributed by atoms with Crippen molar-refractivity contribution in [1.82, 2.24) is 0 Å². The average Bonchev–Trinajstić information content (AvgIpc) is 2.20.